The molecule has 0 bridgehead atoms. The van der Waals surface area contributed by atoms with Crippen LogP contribution in [-0.2, 0) is 22.6 Å². The highest BCUT2D eigenvalue weighted by Gasteiger charge is 2.35. The number of hydrazine groups is 1. The molecule has 2 heterocycles. The number of carbonyl (C=O) groups excluding carboxylic acids is 2. The fourth-order valence-corrected chi connectivity index (χ4v) is 4.92. The van der Waals surface area contributed by atoms with Crippen molar-refractivity contribution >= 4 is 23.4 Å². The summed E-state index contributed by atoms with van der Waals surface area (Å²) in [6, 6.07) is 5.12. The third-order valence-electron chi connectivity index (χ3n) is 6.67. The van der Waals surface area contributed by atoms with Gasteiger partial charge in [-0.1, -0.05) is 36.7 Å². The number of rotatable bonds is 6. The smallest absolute Gasteiger partial charge is 0.255 e. The minimum absolute atomic E-state index is 0.178. The van der Waals surface area contributed by atoms with Crippen molar-refractivity contribution in [3.63, 3.8) is 0 Å². The number of hydrogen-bond donors (Lipinski definition) is 4. The van der Waals surface area contributed by atoms with Gasteiger partial charge in [0, 0.05) is 42.6 Å². The van der Waals surface area contributed by atoms with E-state index in [9.17, 15) is 19.8 Å². The Morgan fingerprint density at radius 2 is 2.00 bits per heavy atom. The van der Waals surface area contributed by atoms with E-state index in [1.165, 1.54) is 4.90 Å². The number of nitrogens with zero attached hydrogens (tertiary/aromatic N) is 2. The second kappa shape index (κ2) is 10.3. The molecule has 1 aliphatic carbocycles. The quantitative estimate of drug-likeness (QED) is 0.487. The molecule has 3 aliphatic rings. The van der Waals surface area contributed by atoms with Gasteiger partial charge < -0.3 is 20.4 Å². The van der Waals surface area contributed by atoms with Gasteiger partial charge >= 0.3 is 0 Å². The summed E-state index contributed by atoms with van der Waals surface area (Å²) in [4.78, 5) is 26.9. The van der Waals surface area contributed by atoms with Crippen molar-refractivity contribution in [1.82, 2.24) is 20.7 Å². The number of halogens is 1. The Morgan fingerprint density at radius 3 is 2.71 bits per heavy atom. The zero-order valence-electron chi connectivity index (χ0n) is 19.4. The minimum atomic E-state index is -1.86. The van der Waals surface area contributed by atoms with Crippen molar-refractivity contribution in [1.29, 1.82) is 0 Å². The van der Waals surface area contributed by atoms with Crippen LogP contribution >= 0.6 is 11.6 Å². The van der Waals surface area contributed by atoms with Crippen LogP contribution in [0.25, 0.3) is 0 Å². The molecule has 0 spiro atoms. The Labute approximate surface area is 204 Å². The molecule has 0 saturated heterocycles. The normalized spacial score (nSPS) is 22.4. The first kappa shape index (κ1) is 24.5. The Kier molecular flexibility index (Phi) is 7.42. The summed E-state index contributed by atoms with van der Waals surface area (Å²) in [6.45, 7) is 5.39. The van der Waals surface area contributed by atoms with Crippen LogP contribution in [0.15, 0.2) is 53.9 Å². The lowest BCUT2D eigenvalue weighted by Gasteiger charge is -2.32. The molecule has 9 heteroatoms. The summed E-state index contributed by atoms with van der Waals surface area (Å²) in [7, 11) is 0. The molecule has 8 nitrogen and oxygen atoms in total. The van der Waals surface area contributed by atoms with Crippen molar-refractivity contribution in [2.45, 2.75) is 51.5 Å². The maximum Gasteiger partial charge on any atom is 0.255 e. The summed E-state index contributed by atoms with van der Waals surface area (Å²) in [5.41, 5.74) is 7.39. The van der Waals surface area contributed by atoms with Gasteiger partial charge in [-0.3, -0.25) is 14.6 Å². The maximum atomic E-state index is 12.8. The SMILES string of the molecule is CC1CC(N2C=CCN2)=CC=C1[C@@H](C)NC(=O)[C@H](O)[C@@H](O)C(=O)N1CCc2cc(Cl)ccc2C1. The van der Waals surface area contributed by atoms with Gasteiger partial charge in [0.25, 0.3) is 11.8 Å². The van der Waals surface area contributed by atoms with Crippen LogP contribution in [0.3, 0.4) is 0 Å². The highest BCUT2D eigenvalue weighted by atomic mass is 35.5. The molecular weight excluding hydrogens is 456 g/mol. The van der Waals surface area contributed by atoms with Crippen LogP contribution in [0.4, 0.5) is 0 Å². The number of aliphatic hydroxyl groups is 2. The summed E-state index contributed by atoms with van der Waals surface area (Å²) in [5, 5.41) is 26.3. The van der Waals surface area contributed by atoms with E-state index in [2.05, 4.69) is 17.7 Å². The van der Waals surface area contributed by atoms with Crippen molar-refractivity contribution in [3.05, 3.63) is 70.0 Å². The predicted molar refractivity (Wildman–Crippen MR) is 129 cm³/mol. The highest BCUT2D eigenvalue weighted by Crippen LogP contribution is 2.29. The number of amides is 2. The Balaban J connectivity index is 1.35. The van der Waals surface area contributed by atoms with E-state index in [-0.39, 0.29) is 12.0 Å². The molecule has 1 aromatic rings. The molecule has 2 amide bonds. The van der Waals surface area contributed by atoms with Crippen LogP contribution in [0, 0.1) is 5.92 Å². The van der Waals surface area contributed by atoms with E-state index in [1.807, 2.05) is 48.5 Å². The predicted octanol–water partition coefficient (Wildman–Crippen LogP) is 1.64. The summed E-state index contributed by atoms with van der Waals surface area (Å²) < 4.78 is 0. The molecule has 0 fully saturated rings. The lowest BCUT2D eigenvalue weighted by molar-refractivity contribution is -0.154. The molecule has 2 aliphatic heterocycles. The van der Waals surface area contributed by atoms with Gasteiger partial charge in [0.15, 0.2) is 12.2 Å². The fourth-order valence-electron chi connectivity index (χ4n) is 4.72. The number of hydrogen-bond acceptors (Lipinski definition) is 6. The van der Waals surface area contributed by atoms with Gasteiger partial charge in [-0.2, -0.15) is 0 Å². The third-order valence-corrected chi connectivity index (χ3v) is 6.90. The van der Waals surface area contributed by atoms with Gasteiger partial charge in [-0.15, -0.1) is 0 Å². The molecule has 0 saturated carbocycles. The molecule has 0 radical (unpaired) electrons. The maximum absolute atomic E-state index is 12.8. The summed E-state index contributed by atoms with van der Waals surface area (Å²) in [6.07, 6.45) is 5.73. The van der Waals surface area contributed by atoms with Gasteiger partial charge in [0.05, 0.1) is 0 Å². The number of benzene rings is 1. The van der Waals surface area contributed by atoms with Crippen molar-refractivity contribution in [2.75, 3.05) is 13.1 Å². The molecular formula is C25H31ClN4O4. The minimum Gasteiger partial charge on any atom is -0.380 e. The zero-order valence-corrected chi connectivity index (χ0v) is 20.1. The Bertz CT molecular complexity index is 1050. The van der Waals surface area contributed by atoms with Gasteiger partial charge in [0.2, 0.25) is 0 Å². The van der Waals surface area contributed by atoms with E-state index >= 15 is 0 Å². The van der Waals surface area contributed by atoms with Gasteiger partial charge in [-0.25, -0.2) is 5.43 Å². The van der Waals surface area contributed by atoms with Crippen LogP contribution in [0.5, 0.6) is 0 Å². The number of fused-ring (bicyclic) bond motifs is 1. The topological polar surface area (TPSA) is 105 Å². The number of nitrogens with one attached hydrogen (secondary N) is 2. The van der Waals surface area contributed by atoms with Crippen LogP contribution < -0.4 is 10.7 Å². The second-order valence-corrected chi connectivity index (χ2v) is 9.53. The van der Waals surface area contributed by atoms with Crippen LogP contribution in [-0.4, -0.2) is 63.3 Å². The molecule has 4 N–H and O–H groups in total. The van der Waals surface area contributed by atoms with Crippen molar-refractivity contribution < 1.29 is 19.8 Å². The van der Waals surface area contributed by atoms with Gasteiger partial charge in [0.1, 0.15) is 0 Å². The Morgan fingerprint density at radius 1 is 1.21 bits per heavy atom. The average molecular weight is 487 g/mol. The van der Waals surface area contributed by atoms with E-state index in [0.29, 0.717) is 24.5 Å². The largest absolute Gasteiger partial charge is 0.380 e. The molecule has 182 valence electrons. The first-order valence-electron chi connectivity index (χ1n) is 11.6. The standard InChI is InChI=1S/C25H31ClN4O4/c1-15-12-20(30-10-3-9-27-30)6-7-21(15)16(2)28-24(33)22(31)23(32)25(34)29-11-8-17-13-19(26)5-4-18(17)14-29/h3-7,10,13,15-16,22-23,27,31-32H,8-9,11-12,14H2,1-2H3,(H,28,33)/t15?,16-,22-,23-/m1/s1. The molecule has 4 rings (SSSR count). The lowest BCUT2D eigenvalue weighted by atomic mass is 9.87. The first-order valence-corrected chi connectivity index (χ1v) is 11.9. The lowest BCUT2D eigenvalue weighted by Crippen LogP contribution is -2.53. The zero-order chi connectivity index (χ0) is 24.4. The van der Waals surface area contributed by atoms with Crippen molar-refractivity contribution in [3.8, 4) is 0 Å². The monoisotopic (exact) mass is 486 g/mol. The first-order chi connectivity index (χ1) is 16.2. The van der Waals surface area contributed by atoms with Crippen LogP contribution in [0.2, 0.25) is 5.02 Å². The van der Waals surface area contributed by atoms with Gasteiger partial charge in [-0.05, 0) is 60.6 Å². The molecule has 1 unspecified atom stereocenters. The van der Waals surface area contributed by atoms with E-state index in [1.54, 1.807) is 6.07 Å². The van der Waals surface area contributed by atoms with E-state index in [0.717, 1.165) is 35.4 Å². The summed E-state index contributed by atoms with van der Waals surface area (Å²) in [5.74, 6) is -1.26. The number of allylic oxidation sites excluding steroid dienone is 3. The fraction of sp³-hybridized carbons (Fsp3) is 0.440. The molecule has 1 aromatic carbocycles. The highest BCUT2D eigenvalue weighted by molar-refractivity contribution is 6.30. The molecule has 34 heavy (non-hydrogen) atoms. The Hall–Kier alpha value is -2.65. The molecule has 0 aromatic heterocycles. The van der Waals surface area contributed by atoms with E-state index < -0.39 is 24.0 Å². The molecule has 4 atom stereocenters. The van der Waals surface area contributed by atoms with Crippen LogP contribution in [0.1, 0.15) is 31.4 Å². The summed E-state index contributed by atoms with van der Waals surface area (Å²) >= 11 is 6.03. The second-order valence-electron chi connectivity index (χ2n) is 9.09. The average Bonchev–Trinajstić information content (AvgIpc) is 3.37. The number of carbonyl (C=O) groups is 2. The van der Waals surface area contributed by atoms with Crippen molar-refractivity contribution in [2.24, 2.45) is 5.92 Å². The van der Waals surface area contributed by atoms with E-state index in [4.69, 9.17) is 11.6 Å². The third kappa shape index (κ3) is 5.20. The number of aliphatic hydroxyl groups excluding tert-OH is 2.